The molecular formula is C10H17ClN2O3S. The summed E-state index contributed by atoms with van der Waals surface area (Å²) < 4.78 is 28.5. The van der Waals surface area contributed by atoms with Crippen molar-refractivity contribution < 1.29 is 13.2 Å². The molecule has 0 unspecified atom stereocenters. The van der Waals surface area contributed by atoms with E-state index in [1.807, 2.05) is 13.1 Å². The summed E-state index contributed by atoms with van der Waals surface area (Å²) in [6, 6.07) is 0. The number of unbranched alkanes of at least 4 members (excludes halogenated alkanes) is 2. The molecular weight excluding hydrogens is 264 g/mol. The van der Waals surface area contributed by atoms with Crippen molar-refractivity contribution in [3.8, 4) is 5.75 Å². The Kier molecular flexibility index (Phi) is 5.77. The fourth-order valence-electron chi connectivity index (χ4n) is 1.34. The van der Waals surface area contributed by atoms with Gasteiger partial charge >= 0.3 is 0 Å². The number of halogens is 1. The molecule has 1 aromatic rings. The Morgan fingerprint density at radius 3 is 2.76 bits per heavy atom. The van der Waals surface area contributed by atoms with Crippen molar-refractivity contribution in [1.29, 1.82) is 0 Å². The number of aromatic nitrogens is 2. The van der Waals surface area contributed by atoms with E-state index in [1.165, 1.54) is 0 Å². The third-order valence-corrected chi connectivity index (χ3v) is 3.47. The highest BCUT2D eigenvalue weighted by Gasteiger charge is 2.04. The van der Waals surface area contributed by atoms with Crippen molar-refractivity contribution in [3.63, 3.8) is 0 Å². The van der Waals surface area contributed by atoms with E-state index >= 15 is 0 Å². The summed E-state index contributed by atoms with van der Waals surface area (Å²) in [5.74, 6) is 0.777. The third-order valence-electron chi connectivity index (χ3n) is 2.23. The van der Waals surface area contributed by atoms with Gasteiger partial charge in [-0.05, 0) is 26.2 Å². The van der Waals surface area contributed by atoms with Crippen LogP contribution in [0, 0.1) is 0 Å². The van der Waals surface area contributed by atoms with Gasteiger partial charge < -0.3 is 4.74 Å². The molecule has 1 heterocycles. The number of nitrogens with zero attached hydrogens (tertiary/aromatic N) is 2. The Hall–Kier alpha value is -0.750. The molecule has 0 aromatic carbocycles. The molecule has 0 radical (unpaired) electrons. The molecule has 0 aliphatic carbocycles. The minimum Gasteiger partial charge on any atom is -0.490 e. The van der Waals surface area contributed by atoms with Crippen LogP contribution in [0.1, 0.15) is 26.2 Å². The van der Waals surface area contributed by atoms with Gasteiger partial charge in [0, 0.05) is 17.2 Å². The molecule has 0 N–H and O–H groups in total. The lowest BCUT2D eigenvalue weighted by Crippen LogP contribution is -2.00. The predicted molar refractivity (Wildman–Crippen MR) is 66.9 cm³/mol. The van der Waals surface area contributed by atoms with Crippen LogP contribution in [0.3, 0.4) is 0 Å². The second kappa shape index (κ2) is 6.86. The molecule has 0 bridgehead atoms. The van der Waals surface area contributed by atoms with Crippen molar-refractivity contribution in [3.05, 3.63) is 12.4 Å². The first kappa shape index (κ1) is 14.3. The lowest BCUT2D eigenvalue weighted by Gasteiger charge is -2.02. The predicted octanol–water partition coefficient (Wildman–Crippen LogP) is 2.02. The Bertz CT molecular complexity index is 431. The molecule has 0 fully saturated rings. The minimum absolute atomic E-state index is 0.0301. The number of rotatable bonds is 8. The zero-order valence-electron chi connectivity index (χ0n) is 9.80. The van der Waals surface area contributed by atoms with Gasteiger partial charge in [-0.1, -0.05) is 0 Å². The second-order valence-electron chi connectivity index (χ2n) is 3.68. The van der Waals surface area contributed by atoms with Crippen LogP contribution in [-0.4, -0.2) is 30.6 Å². The monoisotopic (exact) mass is 280 g/mol. The van der Waals surface area contributed by atoms with Crippen molar-refractivity contribution in [1.82, 2.24) is 9.78 Å². The Balaban J connectivity index is 2.08. The standard InChI is InChI=1S/C10H17ClN2O3S/c1-2-13-9-10(8-12-13)16-6-4-3-5-7-17(11,14)15/h8-9H,2-7H2,1H3. The molecule has 0 atom stereocenters. The summed E-state index contributed by atoms with van der Waals surface area (Å²) in [6.07, 6.45) is 5.68. The summed E-state index contributed by atoms with van der Waals surface area (Å²) >= 11 is 0. The quantitative estimate of drug-likeness (QED) is 0.540. The minimum atomic E-state index is -3.35. The van der Waals surface area contributed by atoms with Crippen LogP contribution in [0.2, 0.25) is 0 Å². The average Bonchev–Trinajstić information content (AvgIpc) is 2.69. The summed E-state index contributed by atoms with van der Waals surface area (Å²) in [4.78, 5) is 0. The van der Waals surface area contributed by atoms with E-state index in [4.69, 9.17) is 15.4 Å². The highest BCUT2D eigenvalue weighted by molar-refractivity contribution is 8.13. The van der Waals surface area contributed by atoms with Gasteiger partial charge in [0.25, 0.3) is 0 Å². The van der Waals surface area contributed by atoms with E-state index in [0.29, 0.717) is 13.0 Å². The van der Waals surface area contributed by atoms with Gasteiger partial charge in [-0.25, -0.2) is 8.42 Å². The SMILES string of the molecule is CCn1cc(OCCCCCS(=O)(=O)Cl)cn1. The van der Waals surface area contributed by atoms with Crippen LogP contribution in [-0.2, 0) is 15.6 Å². The summed E-state index contributed by atoms with van der Waals surface area (Å²) in [6.45, 7) is 3.39. The summed E-state index contributed by atoms with van der Waals surface area (Å²) in [5.41, 5.74) is 0. The molecule has 7 heteroatoms. The fraction of sp³-hybridized carbons (Fsp3) is 0.700. The van der Waals surface area contributed by atoms with E-state index < -0.39 is 9.05 Å². The summed E-state index contributed by atoms with van der Waals surface area (Å²) in [7, 11) is 1.75. The zero-order chi connectivity index (χ0) is 12.7. The normalized spacial score (nSPS) is 11.6. The Morgan fingerprint density at radius 2 is 2.18 bits per heavy atom. The van der Waals surface area contributed by atoms with Gasteiger partial charge in [0.15, 0.2) is 5.75 Å². The van der Waals surface area contributed by atoms with Crippen LogP contribution < -0.4 is 4.74 Å². The number of hydrogen-bond donors (Lipinski definition) is 0. The van der Waals surface area contributed by atoms with Crippen molar-refractivity contribution in [2.45, 2.75) is 32.7 Å². The van der Waals surface area contributed by atoms with Gasteiger partial charge in [-0.3, -0.25) is 4.68 Å². The van der Waals surface area contributed by atoms with Gasteiger partial charge in [0.05, 0.1) is 24.8 Å². The highest BCUT2D eigenvalue weighted by atomic mass is 35.7. The molecule has 0 saturated heterocycles. The van der Waals surface area contributed by atoms with Gasteiger partial charge in [0.1, 0.15) is 0 Å². The van der Waals surface area contributed by atoms with Gasteiger partial charge in [0.2, 0.25) is 9.05 Å². The third kappa shape index (κ3) is 6.53. The Morgan fingerprint density at radius 1 is 1.41 bits per heavy atom. The lowest BCUT2D eigenvalue weighted by molar-refractivity contribution is 0.306. The molecule has 0 amide bonds. The van der Waals surface area contributed by atoms with Crippen LogP contribution in [0.15, 0.2) is 12.4 Å². The average molecular weight is 281 g/mol. The zero-order valence-corrected chi connectivity index (χ0v) is 11.4. The molecule has 5 nitrogen and oxygen atoms in total. The van der Waals surface area contributed by atoms with Crippen LogP contribution in [0.25, 0.3) is 0 Å². The van der Waals surface area contributed by atoms with Gasteiger partial charge in [-0.15, -0.1) is 0 Å². The molecule has 0 saturated carbocycles. The molecule has 1 aromatic heterocycles. The van der Waals surface area contributed by atoms with Crippen molar-refractivity contribution in [2.24, 2.45) is 0 Å². The molecule has 0 aliphatic rings. The number of hydrogen-bond acceptors (Lipinski definition) is 4. The van der Waals surface area contributed by atoms with E-state index in [1.54, 1.807) is 10.9 Å². The van der Waals surface area contributed by atoms with E-state index in [2.05, 4.69) is 5.10 Å². The second-order valence-corrected chi connectivity index (χ2v) is 6.58. The van der Waals surface area contributed by atoms with Crippen LogP contribution in [0.4, 0.5) is 0 Å². The first-order valence-corrected chi connectivity index (χ1v) is 8.06. The topological polar surface area (TPSA) is 61.2 Å². The number of ether oxygens (including phenoxy) is 1. The lowest BCUT2D eigenvalue weighted by atomic mass is 10.3. The first-order valence-electron chi connectivity index (χ1n) is 5.59. The molecule has 17 heavy (non-hydrogen) atoms. The molecule has 0 spiro atoms. The van der Waals surface area contributed by atoms with Crippen LogP contribution in [0.5, 0.6) is 5.75 Å². The maximum absolute atomic E-state index is 10.6. The fourth-order valence-corrected chi connectivity index (χ4v) is 2.21. The maximum Gasteiger partial charge on any atom is 0.232 e. The maximum atomic E-state index is 10.6. The molecule has 0 aliphatic heterocycles. The van der Waals surface area contributed by atoms with Crippen molar-refractivity contribution >= 4 is 19.7 Å². The Labute approximate surface area is 106 Å². The van der Waals surface area contributed by atoms with Crippen LogP contribution >= 0.6 is 10.7 Å². The van der Waals surface area contributed by atoms with E-state index in [0.717, 1.165) is 25.1 Å². The largest absolute Gasteiger partial charge is 0.490 e. The smallest absolute Gasteiger partial charge is 0.232 e. The molecule has 98 valence electrons. The number of aryl methyl sites for hydroxylation is 1. The van der Waals surface area contributed by atoms with Gasteiger partial charge in [-0.2, -0.15) is 5.10 Å². The summed E-state index contributed by atoms with van der Waals surface area (Å²) in [5, 5.41) is 4.08. The van der Waals surface area contributed by atoms with E-state index in [-0.39, 0.29) is 5.75 Å². The first-order chi connectivity index (χ1) is 8.01. The highest BCUT2D eigenvalue weighted by Crippen LogP contribution is 2.09. The van der Waals surface area contributed by atoms with E-state index in [9.17, 15) is 8.42 Å². The molecule has 1 rings (SSSR count). The van der Waals surface area contributed by atoms with Crippen molar-refractivity contribution in [2.75, 3.05) is 12.4 Å².